The molecule has 4 rings (SSSR count). The van der Waals surface area contributed by atoms with Gasteiger partial charge in [-0.05, 0) is 70.0 Å². The lowest BCUT2D eigenvalue weighted by molar-refractivity contribution is -0.132. The predicted molar refractivity (Wildman–Crippen MR) is 135 cm³/mol. The van der Waals surface area contributed by atoms with E-state index in [1.807, 2.05) is 4.90 Å². The van der Waals surface area contributed by atoms with Crippen molar-refractivity contribution in [1.82, 2.24) is 4.90 Å². The maximum absolute atomic E-state index is 13.6. The second-order valence-corrected chi connectivity index (χ2v) is 11.1. The lowest BCUT2D eigenvalue weighted by atomic mass is 9.75. The van der Waals surface area contributed by atoms with E-state index in [1.165, 1.54) is 12.0 Å². The second kappa shape index (κ2) is 9.18. The number of carbonyl (C=O) groups excluding carboxylic acids is 1. The average molecular weight is 452 g/mol. The van der Waals surface area contributed by atoms with Gasteiger partial charge in [-0.3, -0.25) is 14.7 Å². The molecule has 0 radical (unpaired) electrons. The maximum atomic E-state index is 13.6. The van der Waals surface area contributed by atoms with Gasteiger partial charge >= 0.3 is 7.12 Å². The fourth-order valence-electron chi connectivity index (χ4n) is 5.32. The van der Waals surface area contributed by atoms with Crippen LogP contribution in [-0.2, 0) is 27.1 Å². The highest BCUT2D eigenvalue weighted by Crippen LogP contribution is 2.39. The predicted octanol–water partition coefficient (Wildman–Crippen LogP) is 5.18. The first-order valence-corrected chi connectivity index (χ1v) is 13.0. The number of aryl methyl sites for hydroxylation is 1. The zero-order valence-corrected chi connectivity index (χ0v) is 21.5. The Labute approximate surface area is 200 Å². The third kappa shape index (κ3) is 4.53. The summed E-state index contributed by atoms with van der Waals surface area (Å²) in [7, 11) is -0.361. The third-order valence-corrected chi connectivity index (χ3v) is 8.17. The molecular weight excluding hydrogens is 411 g/mol. The van der Waals surface area contributed by atoms with Gasteiger partial charge in [-0.15, -0.1) is 0 Å². The Bertz CT molecular complexity index is 902. The minimum absolute atomic E-state index is 0.224. The van der Waals surface area contributed by atoms with Crippen LogP contribution in [0.2, 0.25) is 0 Å². The Morgan fingerprint density at radius 1 is 1.03 bits per heavy atom. The van der Waals surface area contributed by atoms with Crippen molar-refractivity contribution in [3.8, 4) is 0 Å². The van der Waals surface area contributed by atoms with Crippen molar-refractivity contribution in [2.75, 3.05) is 0 Å². The first kappa shape index (κ1) is 24.5. The summed E-state index contributed by atoms with van der Waals surface area (Å²) < 4.78 is 12.6. The first-order chi connectivity index (χ1) is 15.6. The van der Waals surface area contributed by atoms with Crippen LogP contribution in [0.5, 0.6) is 0 Å². The number of hydrogen-bond acceptors (Lipinski definition) is 4. The Morgan fingerprint density at radius 2 is 1.70 bits per heavy atom. The summed E-state index contributed by atoms with van der Waals surface area (Å²) in [6, 6.07) is 6.50. The van der Waals surface area contributed by atoms with Crippen LogP contribution in [0, 0.1) is 0 Å². The molecule has 1 aromatic rings. The number of unbranched alkanes of at least 4 members (excludes halogenated alkanes) is 1. The number of amides is 1. The van der Waals surface area contributed by atoms with E-state index in [1.54, 1.807) is 0 Å². The van der Waals surface area contributed by atoms with E-state index < -0.39 is 5.54 Å². The topological polar surface area (TPSA) is 51.1 Å². The highest BCUT2D eigenvalue weighted by molar-refractivity contribution is 6.62. The molecule has 0 N–H and O–H groups in total. The van der Waals surface area contributed by atoms with Crippen molar-refractivity contribution < 1.29 is 14.1 Å². The van der Waals surface area contributed by atoms with E-state index in [0.717, 1.165) is 68.2 Å². The number of hydrogen-bond donors (Lipinski definition) is 0. The van der Waals surface area contributed by atoms with E-state index in [9.17, 15) is 4.79 Å². The van der Waals surface area contributed by atoms with Crippen LogP contribution in [0.3, 0.4) is 0 Å². The van der Waals surface area contributed by atoms with Crippen molar-refractivity contribution in [3.05, 3.63) is 29.3 Å². The number of carbonyl (C=O) groups is 1. The number of rotatable bonds is 7. The molecule has 2 heterocycles. The normalized spacial score (nSPS) is 23.5. The molecule has 1 saturated carbocycles. The molecule has 33 heavy (non-hydrogen) atoms. The second-order valence-electron chi connectivity index (χ2n) is 11.1. The van der Waals surface area contributed by atoms with Crippen LogP contribution in [-0.4, -0.2) is 40.5 Å². The molecule has 1 saturated heterocycles. The molecule has 1 spiro atoms. The number of amidine groups is 1. The van der Waals surface area contributed by atoms with E-state index in [4.69, 9.17) is 14.3 Å². The molecule has 3 aliphatic rings. The fraction of sp³-hybridized carbons (Fsp3) is 0.704. The molecule has 0 aromatic heterocycles. The lowest BCUT2D eigenvalue weighted by Gasteiger charge is -2.32. The van der Waals surface area contributed by atoms with Crippen LogP contribution < -0.4 is 5.46 Å². The number of aliphatic imine (C=N–C) groups is 1. The van der Waals surface area contributed by atoms with Crippen molar-refractivity contribution in [2.45, 2.75) is 123 Å². The maximum Gasteiger partial charge on any atom is 0.495 e. The minimum Gasteiger partial charge on any atom is -0.399 e. The molecule has 5 nitrogen and oxygen atoms in total. The lowest BCUT2D eigenvalue weighted by Crippen LogP contribution is -2.43. The van der Waals surface area contributed by atoms with Crippen LogP contribution >= 0.6 is 0 Å². The van der Waals surface area contributed by atoms with Crippen LogP contribution in [0.1, 0.15) is 104 Å². The molecule has 1 aromatic carbocycles. The zero-order chi connectivity index (χ0) is 23.9. The van der Waals surface area contributed by atoms with E-state index >= 15 is 0 Å². The van der Waals surface area contributed by atoms with Crippen LogP contribution in [0.15, 0.2) is 23.2 Å². The molecule has 1 aliphatic carbocycles. The quantitative estimate of drug-likeness (QED) is 0.536. The smallest absolute Gasteiger partial charge is 0.399 e. The number of nitrogens with zero attached hydrogens (tertiary/aromatic N) is 2. The van der Waals surface area contributed by atoms with Gasteiger partial charge in [-0.1, -0.05) is 57.7 Å². The highest BCUT2D eigenvalue weighted by atomic mass is 16.7. The summed E-state index contributed by atoms with van der Waals surface area (Å²) in [5.41, 5.74) is 2.26. The van der Waals surface area contributed by atoms with Gasteiger partial charge in [0.15, 0.2) is 0 Å². The molecule has 0 bridgehead atoms. The Hall–Kier alpha value is -1.66. The summed E-state index contributed by atoms with van der Waals surface area (Å²) in [6.45, 7) is 13.3. The molecule has 2 aliphatic heterocycles. The third-order valence-electron chi connectivity index (χ3n) is 8.17. The van der Waals surface area contributed by atoms with Gasteiger partial charge in [0.05, 0.1) is 17.7 Å². The molecule has 180 valence electrons. The summed E-state index contributed by atoms with van der Waals surface area (Å²) in [4.78, 5) is 20.7. The summed E-state index contributed by atoms with van der Waals surface area (Å²) in [6.07, 6.45) is 9.18. The van der Waals surface area contributed by atoms with E-state index in [2.05, 4.69) is 59.7 Å². The molecule has 6 heteroatoms. The molecule has 0 unspecified atom stereocenters. The van der Waals surface area contributed by atoms with E-state index in [-0.39, 0.29) is 24.2 Å². The highest BCUT2D eigenvalue weighted by Gasteiger charge is 2.52. The van der Waals surface area contributed by atoms with Gasteiger partial charge in [0.25, 0.3) is 5.91 Å². The monoisotopic (exact) mass is 452 g/mol. The van der Waals surface area contributed by atoms with Gasteiger partial charge in [0, 0.05) is 6.42 Å². The minimum atomic E-state index is -0.489. The van der Waals surface area contributed by atoms with Gasteiger partial charge in [-0.25, -0.2) is 0 Å². The SMILES string of the molecule is CCCCC1=NC2(CCCCC2)C(=O)N1Cc1ccc(B2OC(C)(C)C(C)(C)O2)c(CC)c1. The largest absolute Gasteiger partial charge is 0.495 e. The Balaban J connectivity index is 1.57. The van der Waals surface area contributed by atoms with Crippen molar-refractivity contribution >= 4 is 24.3 Å². The Morgan fingerprint density at radius 3 is 2.30 bits per heavy atom. The fourth-order valence-corrected chi connectivity index (χ4v) is 5.32. The van der Waals surface area contributed by atoms with Crippen molar-refractivity contribution in [2.24, 2.45) is 4.99 Å². The molecule has 1 amide bonds. The molecular formula is C27H41BN2O3. The van der Waals surface area contributed by atoms with Gasteiger partial charge in [-0.2, -0.15) is 0 Å². The van der Waals surface area contributed by atoms with Gasteiger partial charge < -0.3 is 9.31 Å². The molecule has 2 fully saturated rings. The van der Waals surface area contributed by atoms with E-state index in [0.29, 0.717) is 6.54 Å². The Kier molecular flexibility index (Phi) is 6.81. The average Bonchev–Trinajstić information content (AvgIpc) is 3.15. The van der Waals surface area contributed by atoms with Crippen LogP contribution in [0.25, 0.3) is 0 Å². The van der Waals surface area contributed by atoms with Gasteiger partial charge in [0.2, 0.25) is 0 Å². The summed E-state index contributed by atoms with van der Waals surface area (Å²) in [5.74, 6) is 1.22. The first-order valence-electron chi connectivity index (χ1n) is 13.0. The number of benzene rings is 1. The zero-order valence-electron chi connectivity index (χ0n) is 21.5. The van der Waals surface area contributed by atoms with Crippen LogP contribution in [0.4, 0.5) is 0 Å². The summed E-state index contributed by atoms with van der Waals surface area (Å²) >= 11 is 0. The van der Waals surface area contributed by atoms with Crippen molar-refractivity contribution in [1.29, 1.82) is 0 Å². The van der Waals surface area contributed by atoms with Gasteiger partial charge in [0.1, 0.15) is 11.4 Å². The summed E-state index contributed by atoms with van der Waals surface area (Å²) in [5, 5.41) is 0. The van der Waals surface area contributed by atoms with Crippen molar-refractivity contribution in [3.63, 3.8) is 0 Å². The molecule has 0 atom stereocenters. The standard InChI is InChI=1S/C27H41BN2O3/c1-7-9-13-23-29-27(16-11-10-12-17-27)24(31)30(23)19-20-14-15-22(21(8-2)18-20)28-32-25(3,4)26(5,6)33-28/h14-15,18H,7-13,16-17,19H2,1-6H3.